The van der Waals surface area contributed by atoms with Gasteiger partial charge < -0.3 is 10.2 Å². The summed E-state index contributed by atoms with van der Waals surface area (Å²) in [4.78, 5) is 4.92. The molecule has 1 aliphatic heterocycles. The van der Waals surface area contributed by atoms with Crippen molar-refractivity contribution in [1.29, 1.82) is 0 Å². The maximum absolute atomic E-state index is 4.92. The highest BCUT2D eigenvalue weighted by molar-refractivity contribution is 5.24. The van der Waals surface area contributed by atoms with Gasteiger partial charge >= 0.3 is 0 Å². The Morgan fingerprint density at radius 3 is 2.13 bits per heavy atom. The Balaban J connectivity index is 0.000000336. The molecule has 0 aromatic carbocycles. The van der Waals surface area contributed by atoms with Crippen LogP contribution in [0.2, 0.25) is 0 Å². The molecule has 0 bridgehead atoms. The van der Waals surface area contributed by atoms with Crippen molar-refractivity contribution in [1.82, 2.24) is 10.8 Å². The van der Waals surface area contributed by atoms with Gasteiger partial charge in [-0.25, -0.2) is 5.48 Å². The number of nitrogens with one attached hydrogen (secondary N) is 2. The SMILES string of the molecule is CCC1=C(CC)NOC=C1.CCNCC. The van der Waals surface area contributed by atoms with Gasteiger partial charge in [-0.1, -0.05) is 27.7 Å². The van der Waals surface area contributed by atoms with Gasteiger partial charge in [0, 0.05) is 0 Å². The third-order valence-corrected chi connectivity index (χ3v) is 2.14. The van der Waals surface area contributed by atoms with Crippen LogP contribution in [0.1, 0.15) is 40.5 Å². The van der Waals surface area contributed by atoms with E-state index in [1.807, 2.05) is 6.08 Å². The standard InChI is InChI=1S/C8H13NO.C4H11N/c1-3-7-5-6-10-9-8(7)4-2;1-3-5-4-2/h5-6,9H,3-4H2,1-2H3;5H,3-4H2,1-2H3. The highest BCUT2D eigenvalue weighted by atomic mass is 16.6. The van der Waals surface area contributed by atoms with Crippen molar-refractivity contribution >= 4 is 0 Å². The van der Waals surface area contributed by atoms with Crippen LogP contribution < -0.4 is 10.8 Å². The Kier molecular flexibility index (Phi) is 8.98. The quantitative estimate of drug-likeness (QED) is 0.751. The van der Waals surface area contributed by atoms with E-state index in [0.29, 0.717) is 0 Å². The first-order valence-corrected chi connectivity index (χ1v) is 5.80. The van der Waals surface area contributed by atoms with Crippen LogP contribution in [-0.2, 0) is 4.84 Å². The normalized spacial score (nSPS) is 13.9. The van der Waals surface area contributed by atoms with Crippen LogP contribution in [-0.4, -0.2) is 13.1 Å². The van der Waals surface area contributed by atoms with Gasteiger partial charge in [0.2, 0.25) is 0 Å². The maximum Gasteiger partial charge on any atom is 0.119 e. The smallest absolute Gasteiger partial charge is 0.119 e. The van der Waals surface area contributed by atoms with Gasteiger partial charge in [0.15, 0.2) is 0 Å². The zero-order chi connectivity index (χ0) is 11.5. The first-order valence-electron chi connectivity index (χ1n) is 5.80. The van der Waals surface area contributed by atoms with Gasteiger partial charge in [-0.3, -0.25) is 0 Å². The lowest BCUT2D eigenvalue weighted by molar-refractivity contribution is 0.154. The Morgan fingerprint density at radius 1 is 1.13 bits per heavy atom. The molecule has 0 spiro atoms. The first kappa shape index (κ1) is 14.0. The molecule has 1 aliphatic rings. The number of hydroxylamine groups is 1. The zero-order valence-corrected chi connectivity index (χ0v) is 10.4. The van der Waals surface area contributed by atoms with E-state index in [9.17, 15) is 0 Å². The van der Waals surface area contributed by atoms with E-state index in [4.69, 9.17) is 4.84 Å². The summed E-state index contributed by atoms with van der Waals surface area (Å²) in [6.07, 6.45) is 5.76. The van der Waals surface area contributed by atoms with Gasteiger partial charge in [-0.05, 0) is 37.6 Å². The molecule has 0 saturated carbocycles. The lowest BCUT2D eigenvalue weighted by atomic mass is 10.1. The first-order chi connectivity index (χ1) is 7.29. The fourth-order valence-corrected chi connectivity index (χ4v) is 1.27. The third kappa shape index (κ3) is 6.18. The molecule has 0 aliphatic carbocycles. The molecular weight excluding hydrogens is 188 g/mol. The van der Waals surface area contributed by atoms with Crippen molar-refractivity contribution in [2.24, 2.45) is 0 Å². The summed E-state index contributed by atoms with van der Waals surface area (Å²) in [6, 6.07) is 0. The minimum atomic E-state index is 1.01. The molecule has 1 rings (SSSR count). The lowest BCUT2D eigenvalue weighted by Gasteiger charge is -2.15. The lowest BCUT2D eigenvalue weighted by Crippen LogP contribution is -2.15. The molecule has 15 heavy (non-hydrogen) atoms. The van der Waals surface area contributed by atoms with E-state index in [2.05, 4.69) is 38.5 Å². The number of hydrogen-bond donors (Lipinski definition) is 2. The van der Waals surface area contributed by atoms with E-state index in [-0.39, 0.29) is 0 Å². The molecule has 0 aromatic heterocycles. The second kappa shape index (κ2) is 9.59. The van der Waals surface area contributed by atoms with Crippen molar-refractivity contribution in [2.75, 3.05) is 13.1 Å². The van der Waals surface area contributed by atoms with E-state index in [0.717, 1.165) is 25.9 Å². The number of hydrogen-bond acceptors (Lipinski definition) is 3. The minimum absolute atomic E-state index is 1.01. The van der Waals surface area contributed by atoms with E-state index >= 15 is 0 Å². The van der Waals surface area contributed by atoms with Crippen LogP contribution in [0.3, 0.4) is 0 Å². The minimum Gasteiger partial charge on any atom is -0.390 e. The van der Waals surface area contributed by atoms with E-state index < -0.39 is 0 Å². The molecule has 0 radical (unpaired) electrons. The highest BCUT2D eigenvalue weighted by Gasteiger charge is 2.03. The van der Waals surface area contributed by atoms with E-state index in [1.165, 1.54) is 11.3 Å². The molecule has 0 amide bonds. The van der Waals surface area contributed by atoms with Gasteiger partial charge in [0.25, 0.3) is 0 Å². The number of rotatable bonds is 4. The van der Waals surface area contributed by atoms with Gasteiger partial charge in [-0.15, -0.1) is 0 Å². The molecule has 0 fully saturated rings. The predicted octanol–water partition coefficient (Wildman–Crippen LogP) is 2.72. The summed E-state index contributed by atoms with van der Waals surface area (Å²) in [5.74, 6) is 0. The average Bonchev–Trinajstić information content (AvgIpc) is 2.31. The van der Waals surface area contributed by atoms with E-state index in [1.54, 1.807) is 6.26 Å². The molecular formula is C12H24N2O. The summed E-state index contributed by atoms with van der Waals surface area (Å²) >= 11 is 0. The van der Waals surface area contributed by atoms with Crippen molar-refractivity contribution in [3.8, 4) is 0 Å². The molecule has 3 nitrogen and oxygen atoms in total. The zero-order valence-electron chi connectivity index (χ0n) is 10.4. The summed E-state index contributed by atoms with van der Waals surface area (Å²) in [5, 5.41) is 3.11. The van der Waals surface area contributed by atoms with Crippen molar-refractivity contribution in [3.05, 3.63) is 23.6 Å². The summed E-state index contributed by atoms with van der Waals surface area (Å²) in [5.41, 5.74) is 5.40. The van der Waals surface area contributed by atoms with Crippen LogP contribution >= 0.6 is 0 Å². The fourth-order valence-electron chi connectivity index (χ4n) is 1.27. The van der Waals surface area contributed by atoms with Gasteiger partial charge in [0.05, 0.1) is 5.70 Å². The Hall–Kier alpha value is -0.960. The molecule has 0 atom stereocenters. The van der Waals surface area contributed by atoms with Crippen LogP contribution in [0.5, 0.6) is 0 Å². The van der Waals surface area contributed by atoms with Crippen LogP contribution in [0.15, 0.2) is 23.6 Å². The van der Waals surface area contributed by atoms with Gasteiger partial charge in [0.1, 0.15) is 6.26 Å². The second-order valence-electron chi connectivity index (χ2n) is 3.19. The Morgan fingerprint density at radius 2 is 1.80 bits per heavy atom. The van der Waals surface area contributed by atoms with Crippen molar-refractivity contribution in [2.45, 2.75) is 40.5 Å². The Labute approximate surface area is 93.5 Å². The molecule has 88 valence electrons. The summed E-state index contributed by atoms with van der Waals surface area (Å²) < 4.78 is 0. The van der Waals surface area contributed by atoms with Crippen molar-refractivity contribution < 1.29 is 4.84 Å². The number of allylic oxidation sites excluding steroid dienone is 3. The van der Waals surface area contributed by atoms with Crippen LogP contribution in [0, 0.1) is 0 Å². The van der Waals surface area contributed by atoms with Crippen molar-refractivity contribution in [3.63, 3.8) is 0 Å². The molecule has 0 unspecified atom stereocenters. The maximum atomic E-state index is 4.92. The summed E-state index contributed by atoms with van der Waals surface area (Å²) in [6.45, 7) is 10.6. The van der Waals surface area contributed by atoms with Gasteiger partial charge in [-0.2, -0.15) is 0 Å². The monoisotopic (exact) mass is 212 g/mol. The molecule has 2 N–H and O–H groups in total. The van der Waals surface area contributed by atoms with Crippen LogP contribution in [0.4, 0.5) is 0 Å². The topological polar surface area (TPSA) is 33.3 Å². The fraction of sp³-hybridized carbons (Fsp3) is 0.667. The summed E-state index contributed by atoms with van der Waals surface area (Å²) in [7, 11) is 0. The third-order valence-electron chi connectivity index (χ3n) is 2.14. The Bertz CT molecular complexity index is 208. The highest BCUT2D eigenvalue weighted by Crippen LogP contribution is 2.14. The largest absolute Gasteiger partial charge is 0.390 e. The molecule has 0 aromatic rings. The molecule has 3 heteroatoms. The predicted molar refractivity (Wildman–Crippen MR) is 65.2 cm³/mol. The second-order valence-corrected chi connectivity index (χ2v) is 3.19. The molecule has 0 saturated heterocycles. The van der Waals surface area contributed by atoms with Crippen LogP contribution in [0.25, 0.3) is 0 Å². The molecule has 1 heterocycles. The average molecular weight is 212 g/mol.